The fraction of sp³-hybridized carbons (Fsp3) is 0.889. The first-order chi connectivity index (χ1) is 5.20. The Labute approximate surface area is 69.4 Å². The molecule has 0 rings (SSSR count). The minimum absolute atomic E-state index is 0.0829. The van der Waals surface area contributed by atoms with E-state index in [4.69, 9.17) is 0 Å². The number of hydrogen-bond acceptors (Lipinski definition) is 1. The van der Waals surface area contributed by atoms with Crippen LogP contribution in [-0.4, -0.2) is 12.5 Å². The Kier molecular flexibility index (Phi) is 5.90. The highest BCUT2D eigenvalue weighted by molar-refractivity contribution is 5.72. The zero-order valence-electron chi connectivity index (χ0n) is 7.81. The third-order valence-electron chi connectivity index (χ3n) is 1.91. The Hall–Kier alpha value is -0.530. The number of amides is 1. The summed E-state index contributed by atoms with van der Waals surface area (Å²) in [7, 11) is 0. The van der Waals surface area contributed by atoms with Gasteiger partial charge in [-0.25, -0.2) is 0 Å². The molecule has 11 heavy (non-hydrogen) atoms. The predicted molar refractivity (Wildman–Crippen MR) is 47.4 cm³/mol. The van der Waals surface area contributed by atoms with E-state index in [0.717, 1.165) is 13.0 Å². The summed E-state index contributed by atoms with van der Waals surface area (Å²) in [6, 6.07) is 0. The van der Waals surface area contributed by atoms with Crippen LogP contribution in [0.15, 0.2) is 0 Å². The topological polar surface area (TPSA) is 29.1 Å². The Morgan fingerprint density at radius 2 is 2.09 bits per heavy atom. The highest BCUT2D eigenvalue weighted by Gasteiger charge is 2.04. The first kappa shape index (κ1) is 10.5. The lowest BCUT2D eigenvalue weighted by atomic mass is 10.0. The van der Waals surface area contributed by atoms with E-state index in [9.17, 15) is 4.79 Å². The molecule has 0 aromatic carbocycles. The van der Waals surface area contributed by atoms with Crippen LogP contribution in [0.1, 0.15) is 40.0 Å². The number of carbonyl (C=O) groups is 1. The van der Waals surface area contributed by atoms with Gasteiger partial charge in [-0.2, -0.15) is 0 Å². The maximum absolute atomic E-state index is 10.6. The molecule has 0 bridgehead atoms. The zero-order valence-corrected chi connectivity index (χ0v) is 7.81. The second kappa shape index (κ2) is 6.20. The number of hydrogen-bond donors (Lipinski definition) is 1. The molecule has 0 saturated carbocycles. The van der Waals surface area contributed by atoms with Crippen molar-refractivity contribution in [1.29, 1.82) is 0 Å². The van der Waals surface area contributed by atoms with Crippen LogP contribution in [0.5, 0.6) is 0 Å². The lowest BCUT2D eigenvalue weighted by Gasteiger charge is -2.13. The van der Waals surface area contributed by atoms with Crippen molar-refractivity contribution in [3.8, 4) is 0 Å². The minimum atomic E-state index is 0.0829. The van der Waals surface area contributed by atoms with Gasteiger partial charge >= 0.3 is 0 Å². The molecule has 1 amide bonds. The van der Waals surface area contributed by atoms with E-state index >= 15 is 0 Å². The summed E-state index contributed by atoms with van der Waals surface area (Å²) in [6.07, 6.45) is 3.59. The molecule has 66 valence electrons. The van der Waals surface area contributed by atoms with Crippen LogP contribution in [0.2, 0.25) is 0 Å². The van der Waals surface area contributed by atoms with Crippen molar-refractivity contribution in [3.63, 3.8) is 0 Å². The van der Waals surface area contributed by atoms with Crippen molar-refractivity contribution >= 4 is 5.91 Å². The largest absolute Gasteiger partial charge is 0.356 e. The summed E-state index contributed by atoms with van der Waals surface area (Å²) in [5.41, 5.74) is 0. The molecule has 1 N–H and O–H groups in total. The van der Waals surface area contributed by atoms with Crippen LogP contribution < -0.4 is 5.32 Å². The fourth-order valence-electron chi connectivity index (χ4n) is 1.15. The third kappa shape index (κ3) is 5.89. The Balaban J connectivity index is 3.43. The summed E-state index contributed by atoms with van der Waals surface area (Å²) in [6.45, 7) is 6.76. The highest BCUT2D eigenvalue weighted by Crippen LogP contribution is 2.08. The molecule has 0 saturated heterocycles. The molecule has 0 aromatic rings. The van der Waals surface area contributed by atoms with Crippen LogP contribution in [0, 0.1) is 5.92 Å². The lowest BCUT2D eigenvalue weighted by molar-refractivity contribution is -0.119. The summed E-state index contributed by atoms with van der Waals surface area (Å²) in [5, 5.41) is 2.84. The fourth-order valence-corrected chi connectivity index (χ4v) is 1.15. The quantitative estimate of drug-likeness (QED) is 0.649. The number of rotatable bonds is 5. The van der Waals surface area contributed by atoms with Gasteiger partial charge in [0.15, 0.2) is 0 Å². The Morgan fingerprint density at radius 3 is 2.45 bits per heavy atom. The first-order valence-electron chi connectivity index (χ1n) is 4.45. The Morgan fingerprint density at radius 1 is 1.45 bits per heavy atom. The molecule has 0 aliphatic rings. The summed E-state index contributed by atoms with van der Waals surface area (Å²) in [4.78, 5) is 10.6. The Bertz CT molecular complexity index is 112. The second-order valence-electron chi connectivity index (χ2n) is 3.00. The summed E-state index contributed by atoms with van der Waals surface area (Å²) in [5.74, 6) is 0.753. The van der Waals surface area contributed by atoms with Gasteiger partial charge < -0.3 is 5.32 Å². The summed E-state index contributed by atoms with van der Waals surface area (Å²) < 4.78 is 0. The highest BCUT2D eigenvalue weighted by atomic mass is 16.1. The van der Waals surface area contributed by atoms with E-state index < -0.39 is 0 Å². The third-order valence-corrected chi connectivity index (χ3v) is 1.91. The normalized spacial score (nSPS) is 12.6. The SMILES string of the molecule is CCCC(CC)CNC(C)=O. The van der Waals surface area contributed by atoms with Crippen LogP contribution >= 0.6 is 0 Å². The molecule has 1 unspecified atom stereocenters. The van der Waals surface area contributed by atoms with Crippen LogP contribution in [0.3, 0.4) is 0 Å². The standard InChI is InChI=1S/C9H19NO/c1-4-6-9(5-2)7-10-8(3)11/h9H,4-7H2,1-3H3,(H,10,11). The van der Waals surface area contributed by atoms with Crippen LogP contribution in [-0.2, 0) is 4.79 Å². The average molecular weight is 157 g/mol. The van der Waals surface area contributed by atoms with Gasteiger partial charge in [-0.1, -0.05) is 26.7 Å². The average Bonchev–Trinajstić information content (AvgIpc) is 1.97. The van der Waals surface area contributed by atoms with Crippen molar-refractivity contribution in [2.45, 2.75) is 40.0 Å². The molecular weight excluding hydrogens is 138 g/mol. The van der Waals surface area contributed by atoms with Gasteiger partial charge in [-0.3, -0.25) is 4.79 Å². The van der Waals surface area contributed by atoms with Gasteiger partial charge in [0, 0.05) is 13.5 Å². The minimum Gasteiger partial charge on any atom is -0.356 e. The van der Waals surface area contributed by atoms with Gasteiger partial charge in [0.05, 0.1) is 0 Å². The molecule has 0 aliphatic heterocycles. The van der Waals surface area contributed by atoms with Gasteiger partial charge in [-0.15, -0.1) is 0 Å². The van der Waals surface area contributed by atoms with Crippen molar-refractivity contribution in [2.24, 2.45) is 5.92 Å². The number of carbonyl (C=O) groups excluding carboxylic acids is 1. The van der Waals surface area contributed by atoms with Crippen molar-refractivity contribution < 1.29 is 4.79 Å². The molecule has 2 nitrogen and oxygen atoms in total. The van der Waals surface area contributed by atoms with Crippen LogP contribution in [0.25, 0.3) is 0 Å². The van der Waals surface area contributed by atoms with Gasteiger partial charge in [0.1, 0.15) is 0 Å². The molecular formula is C9H19NO. The molecule has 0 radical (unpaired) electrons. The first-order valence-corrected chi connectivity index (χ1v) is 4.45. The van der Waals surface area contributed by atoms with E-state index in [1.165, 1.54) is 12.8 Å². The van der Waals surface area contributed by atoms with Gasteiger partial charge in [0.2, 0.25) is 5.91 Å². The molecule has 0 fully saturated rings. The lowest BCUT2D eigenvalue weighted by Crippen LogP contribution is -2.26. The van der Waals surface area contributed by atoms with E-state index in [1.807, 2.05) is 0 Å². The van der Waals surface area contributed by atoms with E-state index in [2.05, 4.69) is 19.2 Å². The van der Waals surface area contributed by atoms with Gasteiger partial charge in [-0.05, 0) is 12.3 Å². The zero-order chi connectivity index (χ0) is 8.69. The molecule has 0 aromatic heterocycles. The molecule has 2 heteroatoms. The molecule has 0 heterocycles. The van der Waals surface area contributed by atoms with Gasteiger partial charge in [0.25, 0.3) is 0 Å². The van der Waals surface area contributed by atoms with E-state index in [-0.39, 0.29) is 5.91 Å². The maximum atomic E-state index is 10.6. The van der Waals surface area contributed by atoms with Crippen molar-refractivity contribution in [1.82, 2.24) is 5.32 Å². The molecule has 1 atom stereocenters. The van der Waals surface area contributed by atoms with E-state index in [1.54, 1.807) is 6.92 Å². The molecule has 0 spiro atoms. The smallest absolute Gasteiger partial charge is 0.216 e. The van der Waals surface area contributed by atoms with Crippen LogP contribution in [0.4, 0.5) is 0 Å². The predicted octanol–water partition coefficient (Wildman–Crippen LogP) is 1.95. The second-order valence-corrected chi connectivity index (χ2v) is 3.00. The van der Waals surface area contributed by atoms with Crippen molar-refractivity contribution in [3.05, 3.63) is 0 Å². The number of nitrogens with one attached hydrogen (secondary N) is 1. The monoisotopic (exact) mass is 157 g/mol. The maximum Gasteiger partial charge on any atom is 0.216 e. The molecule has 0 aliphatic carbocycles. The van der Waals surface area contributed by atoms with Crippen molar-refractivity contribution in [2.75, 3.05) is 6.54 Å². The van der Waals surface area contributed by atoms with E-state index in [0.29, 0.717) is 5.92 Å². The summed E-state index contributed by atoms with van der Waals surface area (Å²) >= 11 is 0.